The van der Waals surface area contributed by atoms with E-state index in [0.717, 1.165) is 25.9 Å². The first-order chi connectivity index (χ1) is 13.3. The monoisotopic (exact) mass is 368 g/mol. The molecule has 6 heteroatoms. The molecule has 0 spiro atoms. The first-order valence-corrected chi connectivity index (χ1v) is 10.3. The van der Waals surface area contributed by atoms with Crippen LogP contribution >= 0.6 is 0 Å². The Kier molecular flexibility index (Phi) is 4.61. The zero-order chi connectivity index (χ0) is 18.2. The Morgan fingerprint density at radius 1 is 1.19 bits per heavy atom. The fourth-order valence-corrected chi connectivity index (χ4v) is 5.81. The lowest BCUT2D eigenvalue weighted by molar-refractivity contribution is 0.0575. The Morgan fingerprint density at radius 2 is 2.07 bits per heavy atom. The van der Waals surface area contributed by atoms with Gasteiger partial charge in [0, 0.05) is 30.8 Å². The number of hydrogen-bond acceptors (Lipinski definition) is 5. The molecule has 1 saturated carbocycles. The smallest absolute Gasteiger partial charge is 0.235 e. The summed E-state index contributed by atoms with van der Waals surface area (Å²) in [5, 5.41) is 7.39. The highest BCUT2D eigenvalue weighted by Crippen LogP contribution is 2.44. The van der Waals surface area contributed by atoms with Crippen LogP contribution in [0.15, 0.2) is 41.7 Å². The summed E-state index contributed by atoms with van der Waals surface area (Å²) >= 11 is 0. The molecule has 0 aromatic carbocycles. The molecule has 3 fully saturated rings. The van der Waals surface area contributed by atoms with Crippen LogP contribution in [0.3, 0.4) is 0 Å². The number of nitrogens with zero attached hydrogens (tertiary/aromatic N) is 2. The lowest BCUT2D eigenvalue weighted by atomic mass is 9.67. The van der Waals surface area contributed by atoms with Gasteiger partial charge in [-0.25, -0.2) is 4.98 Å². The van der Waals surface area contributed by atoms with Crippen LogP contribution in [0.25, 0.3) is 0 Å². The van der Waals surface area contributed by atoms with E-state index >= 15 is 0 Å². The third-order valence-electron chi connectivity index (χ3n) is 7.15. The molecule has 5 rings (SSSR count). The van der Waals surface area contributed by atoms with Gasteiger partial charge in [-0.1, -0.05) is 12.8 Å². The minimum absolute atomic E-state index is 0.123. The molecule has 0 amide bonds. The van der Waals surface area contributed by atoms with Gasteiger partial charge in [0.1, 0.15) is 6.33 Å². The van der Waals surface area contributed by atoms with Crippen molar-refractivity contribution in [1.29, 1.82) is 0 Å². The Balaban J connectivity index is 1.34. The first-order valence-electron chi connectivity index (χ1n) is 10.3. The van der Waals surface area contributed by atoms with E-state index in [1.54, 1.807) is 29.6 Å². The molecule has 2 N–H and O–H groups in total. The average Bonchev–Trinajstić information content (AvgIpc) is 3.48. The number of carbonyl (C=O) groups excluding carboxylic acids is 1. The molecular weight excluding hydrogens is 340 g/mol. The van der Waals surface area contributed by atoms with E-state index in [1.165, 1.54) is 24.8 Å². The van der Waals surface area contributed by atoms with Crippen molar-refractivity contribution < 1.29 is 9.21 Å². The van der Waals surface area contributed by atoms with E-state index in [2.05, 4.69) is 21.7 Å². The minimum Gasteiger partial charge on any atom is -0.472 e. The van der Waals surface area contributed by atoms with Crippen molar-refractivity contribution in [3.63, 3.8) is 0 Å². The Bertz CT molecular complexity index is 757. The molecule has 3 aliphatic rings. The molecule has 6 unspecified atom stereocenters. The maximum absolute atomic E-state index is 13.1. The van der Waals surface area contributed by atoms with Gasteiger partial charge in [0.25, 0.3) is 0 Å². The second kappa shape index (κ2) is 7.24. The van der Waals surface area contributed by atoms with Crippen molar-refractivity contribution in [1.82, 2.24) is 20.2 Å². The maximum Gasteiger partial charge on any atom is 0.235 e. The van der Waals surface area contributed by atoms with Gasteiger partial charge < -0.3 is 15.1 Å². The fraction of sp³-hybridized carbons (Fsp3) is 0.619. The minimum atomic E-state index is 0.123. The molecule has 6 atom stereocenters. The molecule has 0 radical (unpaired) electrons. The Hall–Kier alpha value is -1.92. The molecular formula is C21H28N4O2. The van der Waals surface area contributed by atoms with E-state index in [-0.39, 0.29) is 11.8 Å². The number of aromatic nitrogens is 2. The third kappa shape index (κ3) is 3.15. The van der Waals surface area contributed by atoms with Crippen LogP contribution in [0.5, 0.6) is 0 Å². The highest BCUT2D eigenvalue weighted by molar-refractivity contribution is 5.81. The van der Waals surface area contributed by atoms with E-state index in [9.17, 15) is 4.79 Å². The van der Waals surface area contributed by atoms with Gasteiger partial charge >= 0.3 is 0 Å². The summed E-state index contributed by atoms with van der Waals surface area (Å²) in [6.07, 6.45) is 14.9. The van der Waals surface area contributed by atoms with Gasteiger partial charge in [-0.3, -0.25) is 9.36 Å². The highest BCUT2D eigenvalue weighted by Gasteiger charge is 2.45. The lowest BCUT2D eigenvalue weighted by Crippen LogP contribution is -2.52. The lowest BCUT2D eigenvalue weighted by Gasteiger charge is -2.42. The summed E-state index contributed by atoms with van der Waals surface area (Å²) < 4.78 is 7.03. The molecule has 2 aromatic rings. The number of fused-ring (bicyclic) bond motifs is 1. The van der Waals surface area contributed by atoms with Crippen molar-refractivity contribution in [3.05, 3.63) is 42.9 Å². The molecule has 144 valence electrons. The van der Waals surface area contributed by atoms with Crippen molar-refractivity contribution >= 4 is 5.91 Å². The van der Waals surface area contributed by atoms with Crippen LogP contribution in [0.2, 0.25) is 0 Å². The van der Waals surface area contributed by atoms with E-state index < -0.39 is 0 Å². The summed E-state index contributed by atoms with van der Waals surface area (Å²) in [5.74, 6) is 2.43. The van der Waals surface area contributed by atoms with Crippen LogP contribution in [0.4, 0.5) is 0 Å². The van der Waals surface area contributed by atoms with Crippen molar-refractivity contribution in [3.8, 4) is 0 Å². The van der Waals surface area contributed by atoms with Gasteiger partial charge in [0.2, 0.25) is 5.91 Å². The maximum atomic E-state index is 13.1. The molecule has 0 bridgehead atoms. The molecule has 6 nitrogen and oxygen atoms in total. The standard InChI is InChI=1S/C21H28N4O2/c26-21(25-7-6-22-13-25)17-4-2-1-3-16(17)15-9-18-19(14-5-8-27-12-14)11-24-20(18)23-10-15/h5-8,12-13,15-20,23-24H,1-4,9-11H2. The molecule has 1 aliphatic carbocycles. The van der Waals surface area contributed by atoms with Crippen molar-refractivity contribution in [2.75, 3.05) is 13.1 Å². The number of carbonyl (C=O) groups is 1. The molecule has 2 aliphatic heterocycles. The van der Waals surface area contributed by atoms with Crippen LogP contribution < -0.4 is 10.6 Å². The SMILES string of the molecule is O=C(C1CCCCC1C1CNC2NCC(c3ccoc3)C2C1)n1ccnc1. The van der Waals surface area contributed by atoms with Gasteiger partial charge in [-0.05, 0) is 55.2 Å². The fourth-order valence-electron chi connectivity index (χ4n) is 5.81. The average molecular weight is 368 g/mol. The number of imidazole rings is 1. The summed E-state index contributed by atoms with van der Waals surface area (Å²) in [7, 11) is 0. The molecule has 27 heavy (non-hydrogen) atoms. The summed E-state index contributed by atoms with van der Waals surface area (Å²) in [5.41, 5.74) is 1.30. The second-order valence-electron chi connectivity index (χ2n) is 8.48. The largest absolute Gasteiger partial charge is 0.472 e. The number of furan rings is 1. The van der Waals surface area contributed by atoms with Crippen LogP contribution in [0.1, 0.15) is 48.4 Å². The zero-order valence-electron chi connectivity index (χ0n) is 15.6. The molecule has 4 heterocycles. The van der Waals surface area contributed by atoms with Gasteiger partial charge in [0.05, 0.1) is 18.7 Å². The highest BCUT2D eigenvalue weighted by atomic mass is 16.3. The van der Waals surface area contributed by atoms with Gasteiger partial charge in [-0.2, -0.15) is 0 Å². The third-order valence-corrected chi connectivity index (χ3v) is 7.15. The van der Waals surface area contributed by atoms with Crippen LogP contribution in [-0.4, -0.2) is 34.7 Å². The molecule has 2 saturated heterocycles. The predicted molar refractivity (Wildman–Crippen MR) is 101 cm³/mol. The topological polar surface area (TPSA) is 72.1 Å². The van der Waals surface area contributed by atoms with E-state index in [0.29, 0.717) is 29.8 Å². The van der Waals surface area contributed by atoms with Crippen molar-refractivity contribution in [2.45, 2.75) is 44.2 Å². The van der Waals surface area contributed by atoms with Gasteiger partial charge in [0.15, 0.2) is 0 Å². The summed E-state index contributed by atoms with van der Waals surface area (Å²) in [6.45, 7) is 2.00. The quantitative estimate of drug-likeness (QED) is 0.872. The molecule has 2 aromatic heterocycles. The Labute approximate surface area is 159 Å². The van der Waals surface area contributed by atoms with E-state index in [1.807, 2.05) is 6.26 Å². The predicted octanol–water partition coefficient (Wildman–Crippen LogP) is 2.86. The summed E-state index contributed by atoms with van der Waals surface area (Å²) in [6, 6.07) is 2.10. The Morgan fingerprint density at radius 3 is 2.89 bits per heavy atom. The van der Waals surface area contributed by atoms with Crippen LogP contribution in [0, 0.1) is 23.7 Å². The number of rotatable bonds is 3. The second-order valence-corrected chi connectivity index (χ2v) is 8.48. The van der Waals surface area contributed by atoms with Crippen molar-refractivity contribution in [2.24, 2.45) is 23.7 Å². The van der Waals surface area contributed by atoms with Crippen LogP contribution in [-0.2, 0) is 0 Å². The number of nitrogens with one attached hydrogen (secondary N) is 2. The first kappa shape index (κ1) is 17.2. The number of hydrogen-bond donors (Lipinski definition) is 2. The van der Waals surface area contributed by atoms with Gasteiger partial charge in [-0.15, -0.1) is 0 Å². The normalized spacial score (nSPS) is 36.4. The zero-order valence-corrected chi connectivity index (χ0v) is 15.6. The van der Waals surface area contributed by atoms with E-state index in [4.69, 9.17) is 4.42 Å². The summed E-state index contributed by atoms with van der Waals surface area (Å²) in [4.78, 5) is 17.1. The number of piperidine rings is 1.